The van der Waals surface area contributed by atoms with Crippen molar-refractivity contribution in [1.82, 2.24) is 14.5 Å². The molecule has 0 aliphatic rings. The van der Waals surface area contributed by atoms with E-state index in [2.05, 4.69) is 9.97 Å². The molecule has 1 N–H and O–H groups in total. The van der Waals surface area contributed by atoms with E-state index in [9.17, 15) is 4.79 Å². The number of pyridine rings is 2. The number of hydrogen-bond donors (Lipinski definition) is 1. The van der Waals surface area contributed by atoms with Gasteiger partial charge in [-0.05, 0) is 42.7 Å². The van der Waals surface area contributed by atoms with Crippen molar-refractivity contribution < 1.29 is 4.11 Å². The summed E-state index contributed by atoms with van der Waals surface area (Å²) in [6, 6.07) is 9.79. The number of rotatable bonds is 1. The summed E-state index contributed by atoms with van der Waals surface area (Å²) < 4.78 is 24.6. The molecule has 0 atom stereocenters. The molecule has 3 aromatic heterocycles. The van der Waals surface area contributed by atoms with Crippen LogP contribution < -0.4 is 5.43 Å². The minimum atomic E-state index is -2.22. The number of H-pyrrole nitrogens is 1. The Morgan fingerprint density at radius 1 is 1.14 bits per heavy atom. The van der Waals surface area contributed by atoms with Gasteiger partial charge < -0.3 is 4.98 Å². The maximum atomic E-state index is 11.8. The highest BCUT2D eigenvalue weighted by atomic mass is 16.1. The third-order valence-electron chi connectivity index (χ3n) is 3.56. The molecule has 0 radical (unpaired) electrons. The second kappa shape index (κ2) is 4.31. The van der Waals surface area contributed by atoms with Crippen molar-refractivity contribution in [1.29, 1.82) is 0 Å². The molecule has 0 bridgehead atoms. The fourth-order valence-corrected chi connectivity index (χ4v) is 2.68. The van der Waals surface area contributed by atoms with E-state index < -0.39 is 6.85 Å². The molecule has 0 spiro atoms. The number of fused-ring (bicyclic) bond motifs is 3. The summed E-state index contributed by atoms with van der Waals surface area (Å²) >= 11 is 0. The predicted octanol–water partition coefficient (Wildman–Crippen LogP) is 3.18. The molecular weight excluding hydrogens is 262 g/mol. The first-order valence-electron chi connectivity index (χ1n) is 8.03. The number of nitrogens with zero attached hydrogens (tertiary/aromatic N) is 2. The maximum Gasteiger partial charge on any atom is 0.180 e. The van der Waals surface area contributed by atoms with Crippen LogP contribution in [-0.4, -0.2) is 14.5 Å². The minimum Gasteiger partial charge on any atom is -0.366 e. The third-order valence-corrected chi connectivity index (χ3v) is 3.56. The van der Waals surface area contributed by atoms with Gasteiger partial charge in [0.2, 0.25) is 0 Å². The molecule has 0 amide bonds. The van der Waals surface area contributed by atoms with Gasteiger partial charge in [0, 0.05) is 39.5 Å². The molecule has 21 heavy (non-hydrogen) atoms. The van der Waals surface area contributed by atoms with Gasteiger partial charge in [0.15, 0.2) is 5.43 Å². The highest BCUT2D eigenvalue weighted by Crippen LogP contribution is 2.29. The monoisotopic (exact) mass is 278 g/mol. The first-order valence-corrected chi connectivity index (χ1v) is 6.53. The van der Waals surface area contributed by atoms with E-state index >= 15 is 0 Å². The lowest BCUT2D eigenvalue weighted by molar-refractivity contribution is 1.06. The molecule has 0 aliphatic heterocycles. The number of hydrogen-bond acceptors (Lipinski definition) is 2. The van der Waals surface area contributed by atoms with Gasteiger partial charge >= 0.3 is 0 Å². The first kappa shape index (κ1) is 9.13. The van der Waals surface area contributed by atoms with Crippen molar-refractivity contribution in [2.75, 3.05) is 0 Å². The van der Waals surface area contributed by atoms with E-state index in [1.807, 2.05) is 18.5 Å². The van der Waals surface area contributed by atoms with Gasteiger partial charge in [-0.3, -0.25) is 9.36 Å². The quantitative estimate of drug-likeness (QED) is 0.581. The zero-order valence-corrected chi connectivity index (χ0v) is 11.0. The second-order valence-corrected chi connectivity index (χ2v) is 4.86. The van der Waals surface area contributed by atoms with Gasteiger partial charge in [-0.1, -0.05) is 0 Å². The molecule has 0 fully saturated rings. The number of aromatic nitrogens is 3. The van der Waals surface area contributed by atoms with Crippen molar-refractivity contribution in [3.63, 3.8) is 0 Å². The van der Waals surface area contributed by atoms with Crippen LogP contribution in [0.2, 0.25) is 0 Å². The minimum absolute atomic E-state index is 0.109. The average Bonchev–Trinajstić information content (AvgIpc) is 2.87. The number of aromatic amines is 1. The van der Waals surface area contributed by atoms with Gasteiger partial charge in [-0.2, -0.15) is 0 Å². The summed E-state index contributed by atoms with van der Waals surface area (Å²) in [5.41, 5.74) is 1.63. The van der Waals surface area contributed by atoms with Crippen LogP contribution in [-0.2, 0) is 0 Å². The Morgan fingerprint density at radius 2 is 2.05 bits per heavy atom. The number of nitrogens with one attached hydrogen (secondary N) is 1. The summed E-state index contributed by atoms with van der Waals surface area (Å²) in [6.45, 7) is -2.22. The molecule has 1 aromatic carbocycles. The largest absolute Gasteiger partial charge is 0.366 e. The van der Waals surface area contributed by atoms with Crippen molar-refractivity contribution in [2.24, 2.45) is 0 Å². The Labute approximate surface area is 124 Å². The predicted molar refractivity (Wildman–Crippen MR) is 83.9 cm³/mol. The normalized spacial score (nSPS) is 14.0. The van der Waals surface area contributed by atoms with Gasteiger partial charge in [-0.25, -0.2) is 4.98 Å². The molecule has 0 saturated heterocycles. The average molecular weight is 278 g/mol. The summed E-state index contributed by atoms with van der Waals surface area (Å²) in [5.74, 6) is 0.467. The molecule has 0 unspecified atom stereocenters. The van der Waals surface area contributed by atoms with E-state index in [1.54, 1.807) is 16.7 Å². The molecule has 4 heteroatoms. The molecule has 4 nitrogen and oxygen atoms in total. The van der Waals surface area contributed by atoms with Gasteiger partial charge in [0.25, 0.3) is 0 Å². The lowest BCUT2D eigenvalue weighted by Crippen LogP contribution is -2.01. The van der Waals surface area contributed by atoms with Crippen LogP contribution in [0.4, 0.5) is 0 Å². The Hall–Kier alpha value is -2.88. The van der Waals surface area contributed by atoms with Crippen molar-refractivity contribution in [2.45, 2.75) is 6.85 Å². The van der Waals surface area contributed by atoms with E-state index in [0.717, 1.165) is 16.3 Å². The molecule has 102 valence electrons. The van der Waals surface area contributed by atoms with Crippen LogP contribution in [0.5, 0.6) is 0 Å². The Morgan fingerprint density at radius 3 is 2.95 bits per heavy atom. The van der Waals surface area contributed by atoms with Gasteiger partial charge in [-0.15, -0.1) is 0 Å². The summed E-state index contributed by atoms with van der Waals surface area (Å²) in [5, 5.41) is 1.88. The summed E-state index contributed by atoms with van der Waals surface area (Å²) in [7, 11) is 0. The topological polar surface area (TPSA) is 50.7 Å². The molecule has 4 rings (SSSR count). The number of benzene rings is 1. The van der Waals surface area contributed by atoms with Gasteiger partial charge in [0.1, 0.15) is 5.82 Å². The van der Waals surface area contributed by atoms with Crippen LogP contribution in [0.3, 0.4) is 0 Å². The SMILES string of the molecule is [2H]C([2H])([2H])c1ccnc(-n2c3c[nH]ccc3c3ccc(=O)cc32)c1. The van der Waals surface area contributed by atoms with Crippen molar-refractivity contribution >= 4 is 21.8 Å². The Bertz CT molecular complexity index is 1130. The lowest BCUT2D eigenvalue weighted by Gasteiger charge is -2.06. The summed E-state index contributed by atoms with van der Waals surface area (Å²) in [6.07, 6.45) is 5.09. The highest BCUT2D eigenvalue weighted by molar-refractivity contribution is 6.08. The standard InChI is InChI=1S/C17H13N3O/c1-11-4-7-19-17(8-11)20-15-9-12(21)2-3-13(15)14-5-6-18-10-16(14)20/h2-10,18H,1H3/i1D3. The molecule has 0 saturated carbocycles. The highest BCUT2D eigenvalue weighted by Gasteiger charge is 2.12. The van der Waals surface area contributed by atoms with E-state index in [1.165, 1.54) is 24.4 Å². The maximum absolute atomic E-state index is 11.8. The van der Waals surface area contributed by atoms with Crippen LogP contribution in [0.1, 0.15) is 9.68 Å². The smallest absolute Gasteiger partial charge is 0.180 e. The van der Waals surface area contributed by atoms with Crippen molar-refractivity contribution in [3.05, 3.63) is 70.8 Å². The van der Waals surface area contributed by atoms with E-state index in [0.29, 0.717) is 11.3 Å². The molecule has 0 aliphatic carbocycles. The van der Waals surface area contributed by atoms with Crippen LogP contribution in [0, 0.1) is 6.85 Å². The zero-order valence-electron chi connectivity index (χ0n) is 14.0. The fourth-order valence-electron chi connectivity index (χ4n) is 2.68. The number of aryl methyl sites for hydroxylation is 1. The molecule has 3 heterocycles. The Balaban J connectivity index is 2.12. The second-order valence-electron chi connectivity index (χ2n) is 4.86. The van der Waals surface area contributed by atoms with Crippen LogP contribution >= 0.6 is 0 Å². The molecule has 4 aromatic rings. The van der Waals surface area contributed by atoms with Crippen LogP contribution in [0.25, 0.3) is 27.6 Å². The van der Waals surface area contributed by atoms with E-state index in [4.69, 9.17) is 4.11 Å². The fraction of sp³-hybridized carbons (Fsp3) is 0.0588. The van der Waals surface area contributed by atoms with Crippen LogP contribution in [0.15, 0.2) is 59.8 Å². The van der Waals surface area contributed by atoms with Gasteiger partial charge in [0.05, 0.1) is 11.0 Å². The van der Waals surface area contributed by atoms with Crippen molar-refractivity contribution in [3.8, 4) is 5.82 Å². The lowest BCUT2D eigenvalue weighted by atomic mass is 10.2. The first-order chi connectivity index (χ1) is 11.4. The summed E-state index contributed by atoms with van der Waals surface area (Å²) in [4.78, 5) is 19.2. The molecular formula is C17H13N3O. The third kappa shape index (κ3) is 1.76. The van der Waals surface area contributed by atoms with E-state index in [-0.39, 0.29) is 11.0 Å². The Kier molecular flexibility index (Phi) is 1.87. The zero-order chi connectivity index (χ0) is 16.9.